The second-order valence-corrected chi connectivity index (χ2v) is 2.95. The van der Waals surface area contributed by atoms with Crippen LogP contribution in [0.5, 0.6) is 6.01 Å². The summed E-state index contributed by atoms with van der Waals surface area (Å²) in [7, 11) is 0. The fourth-order valence-corrected chi connectivity index (χ4v) is 0.868. The van der Waals surface area contributed by atoms with Gasteiger partial charge in [0.1, 0.15) is 0 Å². The van der Waals surface area contributed by atoms with Gasteiger partial charge in [0.05, 0.1) is 12.2 Å². The Kier molecular flexibility index (Phi) is 4.07. The van der Waals surface area contributed by atoms with Crippen LogP contribution >= 0.6 is 0 Å². The maximum atomic E-state index is 11.8. The first kappa shape index (κ1) is 13.0. The molecule has 0 fully saturated rings. The molecule has 0 saturated heterocycles. The van der Waals surface area contributed by atoms with E-state index < -0.39 is 24.8 Å². The van der Waals surface area contributed by atoms with Crippen LogP contribution in [0.1, 0.15) is 5.69 Å². The monoisotopic (exact) mass is 250 g/mol. The van der Waals surface area contributed by atoms with E-state index in [2.05, 4.69) is 20.0 Å². The van der Waals surface area contributed by atoms with E-state index in [1.807, 2.05) is 0 Å². The Balaban J connectivity index is 2.56. The Morgan fingerprint density at radius 1 is 1.53 bits per heavy atom. The smallest absolute Gasteiger partial charge is 0.422 e. The van der Waals surface area contributed by atoms with Crippen LogP contribution in [0.4, 0.5) is 18.0 Å². The summed E-state index contributed by atoms with van der Waals surface area (Å²) in [6.07, 6.45) is -3.23. The molecule has 0 atom stereocenters. The number of aromatic nitrogens is 2. The molecule has 1 heterocycles. The van der Waals surface area contributed by atoms with Crippen LogP contribution in [-0.4, -0.2) is 28.8 Å². The Bertz CT molecular complexity index is 397. The van der Waals surface area contributed by atoms with Gasteiger partial charge in [0.25, 0.3) is 0 Å². The summed E-state index contributed by atoms with van der Waals surface area (Å²) in [5.41, 5.74) is 5.11. The number of carbonyl (C=O) groups excluding carboxylic acids is 1. The van der Waals surface area contributed by atoms with Gasteiger partial charge in [0, 0.05) is 6.20 Å². The summed E-state index contributed by atoms with van der Waals surface area (Å²) in [6.45, 7) is -1.49. The molecular formula is C8H9F3N4O2. The minimum Gasteiger partial charge on any atom is -0.454 e. The predicted molar refractivity (Wildman–Crippen MR) is 50.0 cm³/mol. The zero-order valence-electron chi connectivity index (χ0n) is 8.49. The molecule has 0 saturated carbocycles. The van der Waals surface area contributed by atoms with Crippen molar-refractivity contribution in [2.45, 2.75) is 12.7 Å². The average molecular weight is 250 g/mol. The molecule has 0 aromatic carbocycles. The molecule has 0 spiro atoms. The van der Waals surface area contributed by atoms with Crippen molar-refractivity contribution in [1.82, 2.24) is 15.3 Å². The van der Waals surface area contributed by atoms with E-state index in [1.165, 1.54) is 12.3 Å². The highest BCUT2D eigenvalue weighted by molar-refractivity contribution is 5.71. The lowest BCUT2D eigenvalue weighted by Gasteiger charge is -2.08. The van der Waals surface area contributed by atoms with Crippen molar-refractivity contribution >= 4 is 6.03 Å². The third-order valence-corrected chi connectivity index (χ3v) is 1.50. The van der Waals surface area contributed by atoms with E-state index in [0.29, 0.717) is 0 Å². The summed E-state index contributed by atoms with van der Waals surface area (Å²) >= 11 is 0. The zero-order valence-corrected chi connectivity index (χ0v) is 8.49. The van der Waals surface area contributed by atoms with Crippen LogP contribution in [0.2, 0.25) is 0 Å². The average Bonchev–Trinajstić information content (AvgIpc) is 2.23. The first-order chi connectivity index (χ1) is 7.87. The van der Waals surface area contributed by atoms with E-state index in [0.717, 1.165) is 0 Å². The first-order valence-corrected chi connectivity index (χ1v) is 4.41. The van der Waals surface area contributed by atoms with E-state index in [9.17, 15) is 18.0 Å². The van der Waals surface area contributed by atoms with Crippen LogP contribution in [0.3, 0.4) is 0 Å². The predicted octanol–water partition coefficient (Wildman–Crippen LogP) is 0.586. The van der Waals surface area contributed by atoms with Crippen LogP contribution in [-0.2, 0) is 6.54 Å². The van der Waals surface area contributed by atoms with E-state index >= 15 is 0 Å². The molecule has 94 valence electrons. The number of carbonyl (C=O) groups is 1. The number of ether oxygens (including phenoxy) is 1. The van der Waals surface area contributed by atoms with Gasteiger partial charge in [-0.05, 0) is 6.07 Å². The van der Waals surface area contributed by atoms with Gasteiger partial charge >= 0.3 is 18.2 Å². The zero-order chi connectivity index (χ0) is 12.9. The Labute approximate surface area is 94.0 Å². The summed E-state index contributed by atoms with van der Waals surface area (Å²) in [5, 5.41) is 2.23. The normalized spacial score (nSPS) is 11.0. The number of primary amides is 1. The van der Waals surface area contributed by atoms with Crippen molar-refractivity contribution in [1.29, 1.82) is 0 Å². The van der Waals surface area contributed by atoms with E-state index in [-0.39, 0.29) is 12.2 Å². The van der Waals surface area contributed by atoms with Crippen molar-refractivity contribution in [3.63, 3.8) is 0 Å². The summed E-state index contributed by atoms with van der Waals surface area (Å²) in [5.74, 6) is 0. The number of alkyl halides is 3. The lowest BCUT2D eigenvalue weighted by atomic mass is 10.4. The van der Waals surface area contributed by atoms with Gasteiger partial charge in [-0.2, -0.15) is 18.2 Å². The molecule has 0 aliphatic carbocycles. The third-order valence-electron chi connectivity index (χ3n) is 1.50. The Morgan fingerprint density at radius 3 is 2.82 bits per heavy atom. The van der Waals surface area contributed by atoms with Gasteiger partial charge in [-0.1, -0.05) is 0 Å². The molecule has 0 bridgehead atoms. The molecule has 0 unspecified atom stereocenters. The van der Waals surface area contributed by atoms with Crippen molar-refractivity contribution in [3.05, 3.63) is 18.0 Å². The van der Waals surface area contributed by atoms with Crippen LogP contribution in [0.25, 0.3) is 0 Å². The number of halogens is 3. The Morgan fingerprint density at radius 2 is 2.24 bits per heavy atom. The fraction of sp³-hybridized carbons (Fsp3) is 0.375. The number of hydrogen-bond acceptors (Lipinski definition) is 4. The molecule has 6 nitrogen and oxygen atoms in total. The second-order valence-electron chi connectivity index (χ2n) is 2.95. The minimum atomic E-state index is -4.45. The van der Waals surface area contributed by atoms with E-state index in [4.69, 9.17) is 5.73 Å². The quantitative estimate of drug-likeness (QED) is 0.818. The van der Waals surface area contributed by atoms with Crippen molar-refractivity contribution in [3.8, 4) is 6.01 Å². The topological polar surface area (TPSA) is 90.1 Å². The maximum Gasteiger partial charge on any atom is 0.422 e. The molecule has 1 rings (SSSR count). The summed E-state index contributed by atoms with van der Waals surface area (Å²) in [4.78, 5) is 17.5. The number of nitrogens with two attached hydrogens (primary N) is 1. The van der Waals surface area contributed by atoms with Crippen LogP contribution in [0, 0.1) is 0 Å². The molecule has 0 aliphatic rings. The van der Waals surface area contributed by atoms with Gasteiger partial charge in [-0.3, -0.25) is 0 Å². The highest BCUT2D eigenvalue weighted by atomic mass is 19.4. The van der Waals surface area contributed by atoms with Crippen molar-refractivity contribution in [2.75, 3.05) is 6.61 Å². The number of rotatable bonds is 4. The van der Waals surface area contributed by atoms with Gasteiger partial charge in [-0.25, -0.2) is 9.78 Å². The number of urea groups is 1. The molecule has 1 aromatic heterocycles. The molecule has 17 heavy (non-hydrogen) atoms. The molecule has 0 radical (unpaired) electrons. The van der Waals surface area contributed by atoms with Gasteiger partial charge in [0.15, 0.2) is 6.61 Å². The van der Waals surface area contributed by atoms with Gasteiger partial charge in [0.2, 0.25) is 0 Å². The van der Waals surface area contributed by atoms with Crippen molar-refractivity contribution < 1.29 is 22.7 Å². The fourth-order valence-electron chi connectivity index (χ4n) is 0.868. The first-order valence-electron chi connectivity index (χ1n) is 4.41. The highest BCUT2D eigenvalue weighted by Crippen LogP contribution is 2.15. The van der Waals surface area contributed by atoms with Gasteiger partial charge in [-0.15, -0.1) is 0 Å². The SMILES string of the molecule is NC(=O)NCc1ccnc(OCC(F)(F)F)n1. The lowest BCUT2D eigenvalue weighted by molar-refractivity contribution is -0.154. The third kappa shape index (κ3) is 5.54. The molecular weight excluding hydrogens is 241 g/mol. The molecule has 2 amide bonds. The van der Waals surface area contributed by atoms with E-state index in [1.54, 1.807) is 0 Å². The molecule has 3 N–H and O–H groups in total. The molecule has 9 heteroatoms. The summed E-state index contributed by atoms with van der Waals surface area (Å²) in [6, 6.07) is 0.239. The lowest BCUT2D eigenvalue weighted by Crippen LogP contribution is -2.29. The number of amides is 2. The van der Waals surface area contributed by atoms with Crippen LogP contribution in [0.15, 0.2) is 12.3 Å². The van der Waals surface area contributed by atoms with Crippen molar-refractivity contribution in [2.24, 2.45) is 5.73 Å². The Hall–Kier alpha value is -2.06. The highest BCUT2D eigenvalue weighted by Gasteiger charge is 2.28. The summed E-state index contributed by atoms with van der Waals surface area (Å²) < 4.78 is 39.9. The number of hydrogen-bond donors (Lipinski definition) is 2. The second kappa shape index (κ2) is 5.32. The standard InChI is InChI=1S/C8H9F3N4O2/c9-8(10,11)4-17-7-13-2-1-5(15-7)3-14-6(12)16/h1-2H,3-4H2,(H3,12,14,16). The molecule has 0 aliphatic heterocycles. The van der Waals surface area contributed by atoms with Crippen LogP contribution < -0.4 is 15.8 Å². The maximum absolute atomic E-state index is 11.8. The number of nitrogens with zero attached hydrogens (tertiary/aromatic N) is 2. The minimum absolute atomic E-state index is 0.0137. The molecule has 1 aromatic rings. The largest absolute Gasteiger partial charge is 0.454 e. The number of nitrogens with one attached hydrogen (secondary N) is 1. The van der Waals surface area contributed by atoms with Gasteiger partial charge < -0.3 is 15.8 Å².